The largest absolute Gasteiger partial charge is 0.339 e. The Morgan fingerprint density at radius 2 is 2.17 bits per heavy atom. The predicted molar refractivity (Wildman–Crippen MR) is 91.7 cm³/mol. The molecular weight excluding hydrogens is 326 g/mol. The Hall–Kier alpha value is -1.69. The van der Waals surface area contributed by atoms with Crippen molar-refractivity contribution in [2.75, 3.05) is 6.54 Å². The van der Waals surface area contributed by atoms with Crippen LogP contribution in [0.15, 0.2) is 12.7 Å². The van der Waals surface area contributed by atoms with Gasteiger partial charge in [0.05, 0.1) is 6.33 Å². The molecule has 2 bridgehead atoms. The minimum atomic E-state index is 0.329. The number of likely N-dealkylation sites (tertiary alicyclic amines) is 1. The Morgan fingerprint density at radius 1 is 1.29 bits per heavy atom. The summed E-state index contributed by atoms with van der Waals surface area (Å²) in [7, 11) is 0. The highest BCUT2D eigenvalue weighted by Crippen LogP contribution is 2.46. The third-order valence-electron chi connectivity index (χ3n) is 5.49. The molecule has 0 radical (unpaired) electrons. The highest BCUT2D eigenvalue weighted by atomic mass is 35.5. The summed E-state index contributed by atoms with van der Waals surface area (Å²) >= 11 is 6.10. The number of amides is 1. The summed E-state index contributed by atoms with van der Waals surface area (Å²) in [6.45, 7) is 3.02. The fourth-order valence-electron chi connectivity index (χ4n) is 4.31. The zero-order valence-electron chi connectivity index (χ0n) is 13.9. The molecule has 6 nitrogen and oxygen atoms in total. The number of unbranched alkanes of at least 4 members (excludes halogenated alkanes) is 2. The predicted octanol–water partition coefficient (Wildman–Crippen LogP) is 3.22. The maximum atomic E-state index is 12.4. The average Bonchev–Trinajstić information content (AvgIpc) is 3.28. The monoisotopic (exact) mass is 347 g/mol. The maximum absolute atomic E-state index is 12.4. The number of nitrogens with zero attached hydrogens (tertiary/aromatic N) is 5. The summed E-state index contributed by atoms with van der Waals surface area (Å²) in [5.41, 5.74) is 1.46. The van der Waals surface area contributed by atoms with Gasteiger partial charge in [0, 0.05) is 25.0 Å². The SMILES string of the molecule is CCCCCC(=O)N1C[C@H]2C[C@@H]1C[C@@H]2n1cnc2c(Cl)ncnc21. The summed E-state index contributed by atoms with van der Waals surface area (Å²) in [6, 6.07) is 0.717. The highest BCUT2D eigenvalue weighted by Gasteiger charge is 2.47. The molecule has 1 aliphatic heterocycles. The van der Waals surface area contributed by atoms with Gasteiger partial charge in [-0.1, -0.05) is 31.4 Å². The van der Waals surface area contributed by atoms with Crippen LogP contribution in [0.4, 0.5) is 0 Å². The molecule has 0 unspecified atom stereocenters. The quantitative estimate of drug-likeness (QED) is 0.615. The van der Waals surface area contributed by atoms with Gasteiger partial charge in [0.25, 0.3) is 0 Å². The van der Waals surface area contributed by atoms with E-state index < -0.39 is 0 Å². The van der Waals surface area contributed by atoms with Crippen LogP contribution in [0.3, 0.4) is 0 Å². The molecule has 2 aromatic heterocycles. The van der Waals surface area contributed by atoms with E-state index in [1.54, 1.807) is 0 Å². The molecule has 24 heavy (non-hydrogen) atoms. The smallest absolute Gasteiger partial charge is 0.222 e. The van der Waals surface area contributed by atoms with Crippen molar-refractivity contribution in [1.82, 2.24) is 24.4 Å². The summed E-state index contributed by atoms with van der Waals surface area (Å²) < 4.78 is 2.13. The number of hydrogen-bond acceptors (Lipinski definition) is 4. The van der Waals surface area contributed by atoms with Crippen LogP contribution in [-0.4, -0.2) is 42.9 Å². The molecule has 1 aliphatic carbocycles. The Balaban J connectivity index is 1.48. The number of piperidine rings is 1. The minimum absolute atomic E-state index is 0.329. The second-order valence-corrected chi connectivity index (χ2v) is 7.30. The molecule has 1 saturated heterocycles. The molecule has 0 spiro atoms. The second-order valence-electron chi connectivity index (χ2n) is 6.94. The summed E-state index contributed by atoms with van der Waals surface area (Å²) in [4.78, 5) is 27.3. The number of rotatable bonds is 5. The van der Waals surface area contributed by atoms with Crippen molar-refractivity contribution >= 4 is 28.7 Å². The van der Waals surface area contributed by atoms with Crippen molar-refractivity contribution in [3.8, 4) is 0 Å². The van der Waals surface area contributed by atoms with E-state index in [0.29, 0.717) is 41.0 Å². The average molecular weight is 348 g/mol. The fourth-order valence-corrected chi connectivity index (χ4v) is 4.49. The van der Waals surface area contributed by atoms with E-state index in [0.717, 1.165) is 44.3 Å². The van der Waals surface area contributed by atoms with Gasteiger partial charge in [-0.05, 0) is 25.2 Å². The zero-order chi connectivity index (χ0) is 16.7. The van der Waals surface area contributed by atoms with Crippen LogP contribution in [0, 0.1) is 5.92 Å². The van der Waals surface area contributed by atoms with E-state index in [9.17, 15) is 4.79 Å². The highest BCUT2D eigenvalue weighted by molar-refractivity contribution is 6.33. The van der Waals surface area contributed by atoms with Gasteiger partial charge in [-0.2, -0.15) is 0 Å². The molecule has 2 aliphatic rings. The van der Waals surface area contributed by atoms with Gasteiger partial charge in [-0.3, -0.25) is 4.79 Å². The van der Waals surface area contributed by atoms with Crippen LogP contribution in [-0.2, 0) is 4.79 Å². The first-order chi connectivity index (χ1) is 11.7. The normalized spacial score (nSPS) is 25.8. The van der Waals surface area contributed by atoms with E-state index in [2.05, 4.69) is 31.3 Å². The lowest BCUT2D eigenvalue weighted by Gasteiger charge is -2.32. The van der Waals surface area contributed by atoms with Gasteiger partial charge in [0.15, 0.2) is 10.8 Å². The molecular formula is C17H22ClN5O. The number of fused-ring (bicyclic) bond motifs is 3. The van der Waals surface area contributed by atoms with Crippen molar-refractivity contribution < 1.29 is 4.79 Å². The van der Waals surface area contributed by atoms with E-state index in [-0.39, 0.29) is 0 Å². The van der Waals surface area contributed by atoms with Gasteiger partial charge in [0.1, 0.15) is 11.8 Å². The third-order valence-corrected chi connectivity index (χ3v) is 5.77. The molecule has 7 heteroatoms. The molecule has 0 aromatic carbocycles. The van der Waals surface area contributed by atoms with Gasteiger partial charge < -0.3 is 9.47 Å². The van der Waals surface area contributed by atoms with Crippen molar-refractivity contribution in [1.29, 1.82) is 0 Å². The van der Waals surface area contributed by atoms with Gasteiger partial charge in [-0.25, -0.2) is 15.0 Å². The Morgan fingerprint density at radius 3 is 2.92 bits per heavy atom. The van der Waals surface area contributed by atoms with E-state index >= 15 is 0 Å². The van der Waals surface area contributed by atoms with Crippen LogP contribution < -0.4 is 0 Å². The molecule has 2 fully saturated rings. The molecule has 3 heterocycles. The summed E-state index contributed by atoms with van der Waals surface area (Å²) in [5.74, 6) is 0.812. The Labute approximate surface area is 146 Å². The minimum Gasteiger partial charge on any atom is -0.339 e. The first-order valence-electron chi connectivity index (χ1n) is 8.81. The van der Waals surface area contributed by atoms with Crippen LogP contribution in [0.5, 0.6) is 0 Å². The molecule has 4 rings (SSSR count). The van der Waals surface area contributed by atoms with Crippen molar-refractivity contribution in [2.24, 2.45) is 5.92 Å². The number of hydrogen-bond donors (Lipinski definition) is 0. The van der Waals surface area contributed by atoms with Gasteiger partial charge in [-0.15, -0.1) is 0 Å². The van der Waals surface area contributed by atoms with Crippen LogP contribution >= 0.6 is 11.6 Å². The van der Waals surface area contributed by atoms with E-state index in [4.69, 9.17) is 11.6 Å². The number of imidazole rings is 1. The number of halogens is 1. The second kappa shape index (κ2) is 6.31. The molecule has 1 amide bonds. The van der Waals surface area contributed by atoms with Crippen LogP contribution in [0.2, 0.25) is 5.15 Å². The van der Waals surface area contributed by atoms with Gasteiger partial charge >= 0.3 is 0 Å². The lowest BCUT2D eigenvalue weighted by Crippen LogP contribution is -2.40. The lowest BCUT2D eigenvalue weighted by atomic mass is 10.0. The summed E-state index contributed by atoms with van der Waals surface area (Å²) in [6.07, 6.45) is 9.37. The zero-order valence-corrected chi connectivity index (χ0v) is 14.6. The third kappa shape index (κ3) is 2.57. The van der Waals surface area contributed by atoms with Crippen LogP contribution in [0.25, 0.3) is 11.2 Å². The Kier molecular flexibility index (Phi) is 4.16. The number of carbonyl (C=O) groups is 1. The van der Waals surface area contributed by atoms with Crippen LogP contribution in [0.1, 0.15) is 51.5 Å². The summed E-state index contributed by atoms with van der Waals surface area (Å²) in [5, 5.41) is 0.398. The molecule has 3 atom stereocenters. The molecule has 128 valence electrons. The van der Waals surface area contributed by atoms with Crippen molar-refractivity contribution in [3.63, 3.8) is 0 Å². The van der Waals surface area contributed by atoms with Crippen molar-refractivity contribution in [2.45, 2.75) is 57.5 Å². The van der Waals surface area contributed by atoms with E-state index in [1.165, 1.54) is 6.33 Å². The molecule has 0 N–H and O–H groups in total. The molecule has 2 aromatic rings. The molecule has 1 saturated carbocycles. The fraction of sp³-hybridized carbons (Fsp3) is 0.647. The van der Waals surface area contributed by atoms with Gasteiger partial charge in [0.2, 0.25) is 5.91 Å². The standard InChI is InChI=1S/C17H22ClN5O/c1-2-3-4-5-14(24)22-8-11-6-12(22)7-13(11)23-10-21-15-16(18)19-9-20-17(15)23/h9-13H,2-8H2,1H3/t11-,12-,13+/m1/s1. The Bertz CT molecular complexity index is 761. The number of aromatic nitrogens is 4. The topological polar surface area (TPSA) is 63.9 Å². The first-order valence-corrected chi connectivity index (χ1v) is 9.19. The van der Waals surface area contributed by atoms with E-state index in [1.807, 2.05) is 6.33 Å². The van der Waals surface area contributed by atoms with Crippen molar-refractivity contribution in [3.05, 3.63) is 17.8 Å². The maximum Gasteiger partial charge on any atom is 0.222 e. The lowest BCUT2D eigenvalue weighted by molar-refractivity contribution is -0.133. The number of carbonyl (C=O) groups excluding carboxylic acids is 1. The first kappa shape index (κ1) is 15.8.